The number of hydrogen-bond acceptors (Lipinski definition) is 3. The van der Waals surface area contributed by atoms with E-state index in [1.54, 1.807) is 28.9 Å². The second kappa shape index (κ2) is 13.4. The Hall–Kier alpha value is -3.67. The molecule has 0 unspecified atom stereocenters. The van der Waals surface area contributed by atoms with Crippen LogP contribution in [0.3, 0.4) is 0 Å². The molecule has 0 amide bonds. The van der Waals surface area contributed by atoms with Crippen molar-refractivity contribution >= 4 is 0 Å². The lowest BCUT2D eigenvalue weighted by atomic mass is 9.94. The predicted molar refractivity (Wildman–Crippen MR) is 142 cm³/mol. The molecule has 0 atom stereocenters. The molecular weight excluding hydrogens is 454 g/mol. The summed E-state index contributed by atoms with van der Waals surface area (Å²) in [5, 5.41) is 4.48. The van der Waals surface area contributed by atoms with E-state index in [0.717, 1.165) is 16.7 Å². The lowest BCUT2D eigenvalue weighted by molar-refractivity contribution is 0.548. The van der Waals surface area contributed by atoms with Crippen molar-refractivity contribution in [1.82, 2.24) is 19.7 Å². The maximum absolute atomic E-state index is 13.1. The normalized spacial score (nSPS) is 10.7. The molecule has 36 heavy (non-hydrogen) atoms. The van der Waals surface area contributed by atoms with Crippen molar-refractivity contribution in [2.24, 2.45) is 0 Å². The summed E-state index contributed by atoms with van der Waals surface area (Å²) in [5.41, 5.74) is 3.67. The van der Waals surface area contributed by atoms with Crippen molar-refractivity contribution < 1.29 is 8.78 Å². The van der Waals surface area contributed by atoms with Crippen LogP contribution in [0.2, 0.25) is 0 Å². The van der Waals surface area contributed by atoms with Crippen LogP contribution in [-0.2, 0) is 6.54 Å². The fourth-order valence-electron chi connectivity index (χ4n) is 4.00. The minimum Gasteiger partial charge on any atom is -0.261 e. The van der Waals surface area contributed by atoms with Gasteiger partial charge in [-0.25, -0.2) is 18.4 Å². The van der Waals surface area contributed by atoms with E-state index < -0.39 is 0 Å². The molecule has 6 heteroatoms. The molecule has 0 aliphatic heterocycles. The van der Waals surface area contributed by atoms with Crippen LogP contribution in [-0.4, -0.2) is 19.7 Å². The topological polar surface area (TPSA) is 43.6 Å². The molecule has 0 saturated carbocycles. The lowest BCUT2D eigenvalue weighted by Crippen LogP contribution is -2.03. The van der Waals surface area contributed by atoms with Gasteiger partial charge < -0.3 is 0 Å². The summed E-state index contributed by atoms with van der Waals surface area (Å²) in [5.74, 6) is 1.17. The molecule has 4 nitrogen and oxygen atoms in total. The highest BCUT2D eigenvalue weighted by Crippen LogP contribution is 2.25. The van der Waals surface area contributed by atoms with Gasteiger partial charge in [-0.05, 0) is 80.4 Å². The van der Waals surface area contributed by atoms with E-state index >= 15 is 0 Å². The van der Waals surface area contributed by atoms with Gasteiger partial charge >= 0.3 is 0 Å². The summed E-state index contributed by atoms with van der Waals surface area (Å²) in [6.07, 6.45) is 6.94. The number of hydrogen-bond donors (Lipinski definition) is 0. The fourth-order valence-corrected chi connectivity index (χ4v) is 4.00. The molecule has 0 fully saturated rings. The van der Waals surface area contributed by atoms with E-state index in [0.29, 0.717) is 24.1 Å². The number of rotatable bonds is 9. The third-order valence-electron chi connectivity index (χ3n) is 5.68. The van der Waals surface area contributed by atoms with Gasteiger partial charge in [0.2, 0.25) is 0 Å². The molecule has 0 bridgehead atoms. The first-order valence-electron chi connectivity index (χ1n) is 12.4. The van der Waals surface area contributed by atoms with E-state index in [2.05, 4.69) is 47.6 Å². The predicted octanol–water partition coefficient (Wildman–Crippen LogP) is 8.23. The van der Waals surface area contributed by atoms with Crippen molar-refractivity contribution in [2.75, 3.05) is 0 Å². The average Bonchev–Trinajstić information content (AvgIpc) is 3.29. The van der Waals surface area contributed by atoms with Crippen molar-refractivity contribution in [3.63, 3.8) is 0 Å². The van der Waals surface area contributed by atoms with Gasteiger partial charge in [0, 0.05) is 28.9 Å². The van der Waals surface area contributed by atoms with Gasteiger partial charge in [0.1, 0.15) is 11.6 Å². The Kier molecular flexibility index (Phi) is 10.0. The maximum atomic E-state index is 13.1. The van der Waals surface area contributed by atoms with Gasteiger partial charge in [-0.3, -0.25) is 4.98 Å². The minimum absolute atomic E-state index is 0.307. The van der Waals surface area contributed by atoms with Crippen molar-refractivity contribution in [3.05, 3.63) is 102 Å². The van der Waals surface area contributed by atoms with Crippen LogP contribution in [0.1, 0.15) is 58.1 Å². The molecule has 0 aliphatic carbocycles. The summed E-state index contributed by atoms with van der Waals surface area (Å²) in [6, 6.07) is 18.3. The fraction of sp³-hybridized carbons (Fsp3) is 0.300. The van der Waals surface area contributed by atoms with Gasteiger partial charge in [-0.2, -0.15) is 5.10 Å². The number of nitrogens with zero attached hydrogens (tertiary/aromatic N) is 4. The van der Waals surface area contributed by atoms with Gasteiger partial charge in [-0.1, -0.05) is 44.9 Å². The van der Waals surface area contributed by atoms with Gasteiger partial charge in [0.25, 0.3) is 0 Å². The van der Waals surface area contributed by atoms with Gasteiger partial charge in [-0.15, -0.1) is 0 Å². The van der Waals surface area contributed by atoms with Gasteiger partial charge in [0.05, 0.1) is 6.54 Å². The zero-order chi connectivity index (χ0) is 25.9. The van der Waals surface area contributed by atoms with E-state index in [1.807, 2.05) is 19.2 Å². The van der Waals surface area contributed by atoms with Crippen LogP contribution in [0.4, 0.5) is 8.78 Å². The van der Waals surface area contributed by atoms with Crippen LogP contribution in [0.15, 0.2) is 85.1 Å². The van der Waals surface area contributed by atoms with E-state index in [-0.39, 0.29) is 11.6 Å². The van der Waals surface area contributed by atoms with Crippen LogP contribution in [0.5, 0.6) is 0 Å². The zero-order valence-electron chi connectivity index (χ0n) is 21.3. The van der Waals surface area contributed by atoms with Crippen LogP contribution in [0, 0.1) is 11.6 Å². The zero-order valence-corrected chi connectivity index (χ0v) is 21.3. The SMILES string of the molecule is C=C(C)Cn1nc(-c2ccc(F)cc2)nc1-c1ccc(F)cc1.CCCC(CCC)c1ccccn1. The number of aromatic nitrogens is 4. The first kappa shape index (κ1) is 26.9. The standard InChI is InChI=1S/C18H15F2N3.C12H19N/c1-12(2)11-23-18(14-5-9-16(20)10-6-14)21-17(22-23)13-3-7-15(19)8-4-13;1-3-7-11(8-4-2)12-9-5-6-10-13-12/h3-10H,1,11H2,2H3;5-6,9-11H,3-4,7-8H2,1-2H3. The van der Waals surface area contributed by atoms with Crippen molar-refractivity contribution in [3.8, 4) is 22.8 Å². The molecule has 188 valence electrons. The molecule has 0 spiro atoms. The van der Waals surface area contributed by atoms with Crippen molar-refractivity contribution in [1.29, 1.82) is 0 Å². The molecule has 4 rings (SSSR count). The summed E-state index contributed by atoms with van der Waals surface area (Å²) < 4.78 is 27.9. The van der Waals surface area contributed by atoms with E-state index in [9.17, 15) is 8.78 Å². The molecule has 0 saturated heterocycles. The van der Waals surface area contributed by atoms with E-state index in [1.165, 1.54) is 55.6 Å². The van der Waals surface area contributed by atoms with Crippen LogP contribution >= 0.6 is 0 Å². The summed E-state index contributed by atoms with van der Waals surface area (Å²) >= 11 is 0. The Morgan fingerprint density at radius 1 is 0.861 bits per heavy atom. The Labute approximate surface area is 212 Å². The monoisotopic (exact) mass is 488 g/mol. The highest BCUT2D eigenvalue weighted by atomic mass is 19.1. The van der Waals surface area contributed by atoms with Crippen molar-refractivity contribution in [2.45, 2.75) is 58.9 Å². The number of allylic oxidation sites excluding steroid dienone is 1. The summed E-state index contributed by atoms with van der Waals surface area (Å²) in [4.78, 5) is 8.95. The molecule has 4 aromatic rings. The first-order chi connectivity index (χ1) is 17.4. The number of halogens is 2. The number of pyridine rings is 1. The lowest BCUT2D eigenvalue weighted by Gasteiger charge is -2.13. The van der Waals surface area contributed by atoms with Crippen LogP contribution in [0.25, 0.3) is 22.8 Å². The molecule has 0 radical (unpaired) electrons. The molecule has 0 N–H and O–H groups in total. The highest BCUT2D eigenvalue weighted by Gasteiger charge is 2.14. The highest BCUT2D eigenvalue weighted by molar-refractivity contribution is 5.61. The number of benzene rings is 2. The largest absolute Gasteiger partial charge is 0.261 e. The molecular formula is C30H34F2N4. The quantitative estimate of drug-likeness (QED) is 0.223. The maximum Gasteiger partial charge on any atom is 0.181 e. The summed E-state index contributed by atoms with van der Waals surface area (Å²) in [7, 11) is 0. The first-order valence-corrected chi connectivity index (χ1v) is 12.4. The molecule has 2 aromatic heterocycles. The third kappa shape index (κ3) is 7.67. The minimum atomic E-state index is -0.311. The third-order valence-corrected chi connectivity index (χ3v) is 5.68. The Balaban J connectivity index is 0.000000236. The second-order valence-electron chi connectivity index (χ2n) is 8.92. The molecule has 2 aromatic carbocycles. The van der Waals surface area contributed by atoms with E-state index in [4.69, 9.17) is 0 Å². The second-order valence-corrected chi connectivity index (χ2v) is 8.92. The molecule has 2 heterocycles. The summed E-state index contributed by atoms with van der Waals surface area (Å²) in [6.45, 7) is 10.8. The van der Waals surface area contributed by atoms with Crippen LogP contribution < -0.4 is 0 Å². The Morgan fingerprint density at radius 3 is 1.94 bits per heavy atom. The van der Waals surface area contributed by atoms with Gasteiger partial charge in [0.15, 0.2) is 11.6 Å². The Bertz CT molecular complexity index is 1210. The molecule has 0 aliphatic rings. The Morgan fingerprint density at radius 2 is 1.44 bits per heavy atom. The smallest absolute Gasteiger partial charge is 0.181 e. The average molecular weight is 489 g/mol.